The molecule has 3 rings (SSSR count). The molecule has 0 radical (unpaired) electrons. The molecular formula is C24H22ClN3O4. The number of halogens is 1. The molecule has 7 nitrogen and oxygen atoms in total. The third-order valence-corrected chi connectivity index (χ3v) is 4.69. The van der Waals surface area contributed by atoms with Gasteiger partial charge in [-0.25, -0.2) is 5.43 Å². The molecule has 2 N–H and O–H groups in total. The maximum atomic E-state index is 12.1. The van der Waals surface area contributed by atoms with Crippen LogP contribution in [0.1, 0.15) is 21.5 Å². The van der Waals surface area contributed by atoms with Crippen molar-refractivity contribution in [2.45, 2.75) is 6.61 Å². The summed E-state index contributed by atoms with van der Waals surface area (Å²) in [5.41, 5.74) is 4.41. The molecule has 0 unspecified atom stereocenters. The quantitative estimate of drug-likeness (QED) is 0.382. The second-order valence-electron chi connectivity index (χ2n) is 6.64. The number of carbonyl (C=O) groups is 2. The Morgan fingerprint density at radius 1 is 1.00 bits per heavy atom. The van der Waals surface area contributed by atoms with Crippen LogP contribution in [0.3, 0.4) is 0 Å². The van der Waals surface area contributed by atoms with E-state index in [-0.39, 0.29) is 6.54 Å². The third kappa shape index (κ3) is 6.58. The molecule has 0 aromatic heterocycles. The van der Waals surface area contributed by atoms with Crippen LogP contribution >= 0.6 is 11.6 Å². The number of ether oxygens (including phenoxy) is 2. The number of hydrazone groups is 1. The molecule has 0 spiro atoms. The zero-order chi connectivity index (χ0) is 22.8. The number of hydrogen-bond donors (Lipinski definition) is 2. The van der Waals surface area contributed by atoms with E-state index >= 15 is 0 Å². The lowest BCUT2D eigenvalue weighted by atomic mass is 10.2. The highest BCUT2D eigenvalue weighted by Crippen LogP contribution is 2.28. The Morgan fingerprint density at radius 3 is 2.50 bits per heavy atom. The van der Waals surface area contributed by atoms with Crippen molar-refractivity contribution in [3.8, 4) is 11.5 Å². The number of nitrogens with zero attached hydrogens (tertiary/aromatic N) is 1. The summed E-state index contributed by atoms with van der Waals surface area (Å²) < 4.78 is 11.2. The van der Waals surface area contributed by atoms with Crippen molar-refractivity contribution < 1.29 is 19.1 Å². The van der Waals surface area contributed by atoms with Gasteiger partial charge in [0.15, 0.2) is 11.5 Å². The van der Waals surface area contributed by atoms with Gasteiger partial charge in [-0.1, -0.05) is 54.1 Å². The minimum atomic E-state index is -0.476. The number of nitrogens with one attached hydrogen (secondary N) is 2. The summed E-state index contributed by atoms with van der Waals surface area (Å²) in [6, 6.07) is 21.7. The van der Waals surface area contributed by atoms with Gasteiger partial charge in [0.1, 0.15) is 6.61 Å². The maximum Gasteiger partial charge on any atom is 0.259 e. The highest BCUT2D eigenvalue weighted by molar-refractivity contribution is 6.33. The fraction of sp³-hybridized carbons (Fsp3) is 0.125. The molecule has 0 atom stereocenters. The van der Waals surface area contributed by atoms with Gasteiger partial charge in [0, 0.05) is 0 Å². The van der Waals surface area contributed by atoms with Crippen LogP contribution < -0.4 is 20.2 Å². The number of amides is 2. The largest absolute Gasteiger partial charge is 0.493 e. The monoisotopic (exact) mass is 451 g/mol. The number of rotatable bonds is 9. The molecule has 0 saturated heterocycles. The van der Waals surface area contributed by atoms with Gasteiger partial charge < -0.3 is 14.8 Å². The van der Waals surface area contributed by atoms with E-state index in [2.05, 4.69) is 15.8 Å². The Bertz CT molecular complexity index is 1100. The molecule has 2 amide bonds. The molecule has 8 heteroatoms. The van der Waals surface area contributed by atoms with Crippen molar-refractivity contribution in [1.29, 1.82) is 0 Å². The number of methoxy groups -OCH3 is 1. The molecule has 0 bridgehead atoms. The van der Waals surface area contributed by atoms with Gasteiger partial charge in [0.05, 0.1) is 30.5 Å². The van der Waals surface area contributed by atoms with Crippen molar-refractivity contribution in [3.05, 3.63) is 94.5 Å². The van der Waals surface area contributed by atoms with Crippen LogP contribution in [0.25, 0.3) is 0 Å². The van der Waals surface area contributed by atoms with E-state index in [1.54, 1.807) is 49.6 Å². The molecule has 0 heterocycles. The van der Waals surface area contributed by atoms with Crippen LogP contribution in [-0.4, -0.2) is 31.7 Å². The topological polar surface area (TPSA) is 89.0 Å². The van der Waals surface area contributed by atoms with E-state index in [1.807, 2.05) is 30.3 Å². The van der Waals surface area contributed by atoms with Gasteiger partial charge in [0.2, 0.25) is 0 Å². The lowest BCUT2D eigenvalue weighted by Gasteiger charge is -2.11. The van der Waals surface area contributed by atoms with Gasteiger partial charge in [0.25, 0.3) is 11.8 Å². The summed E-state index contributed by atoms with van der Waals surface area (Å²) in [5, 5.41) is 6.72. The Kier molecular flexibility index (Phi) is 8.22. The zero-order valence-electron chi connectivity index (χ0n) is 17.4. The molecule has 164 valence electrons. The second kappa shape index (κ2) is 11.5. The van der Waals surface area contributed by atoms with Crippen LogP contribution in [0.2, 0.25) is 5.02 Å². The molecule has 0 saturated carbocycles. The van der Waals surface area contributed by atoms with Crippen LogP contribution in [0.4, 0.5) is 0 Å². The Morgan fingerprint density at radius 2 is 1.75 bits per heavy atom. The van der Waals surface area contributed by atoms with Crippen LogP contribution in [-0.2, 0) is 11.4 Å². The van der Waals surface area contributed by atoms with Crippen LogP contribution in [0.15, 0.2) is 77.9 Å². The first-order valence-corrected chi connectivity index (χ1v) is 10.1. The first-order valence-electron chi connectivity index (χ1n) is 9.76. The fourth-order valence-electron chi connectivity index (χ4n) is 2.74. The molecule has 0 aliphatic rings. The smallest absolute Gasteiger partial charge is 0.259 e. The molecule has 0 aliphatic carbocycles. The first-order chi connectivity index (χ1) is 15.6. The summed E-state index contributed by atoms with van der Waals surface area (Å²) in [7, 11) is 1.55. The summed E-state index contributed by atoms with van der Waals surface area (Å²) in [5.74, 6) is 0.227. The van der Waals surface area contributed by atoms with Gasteiger partial charge in [-0.05, 0) is 41.5 Å². The van der Waals surface area contributed by atoms with Gasteiger partial charge in [-0.3, -0.25) is 9.59 Å². The Hall–Kier alpha value is -3.84. The van der Waals surface area contributed by atoms with Crippen LogP contribution in [0.5, 0.6) is 11.5 Å². The predicted octanol–water partition coefficient (Wildman–Crippen LogP) is 3.81. The summed E-state index contributed by atoms with van der Waals surface area (Å²) in [6.07, 6.45) is 1.47. The normalized spacial score (nSPS) is 10.6. The number of carbonyl (C=O) groups excluding carboxylic acids is 2. The van der Waals surface area contributed by atoms with Crippen molar-refractivity contribution in [3.63, 3.8) is 0 Å². The van der Waals surface area contributed by atoms with Crippen molar-refractivity contribution in [1.82, 2.24) is 10.7 Å². The van der Waals surface area contributed by atoms with Crippen LogP contribution in [0, 0.1) is 0 Å². The first kappa shape index (κ1) is 22.8. The minimum Gasteiger partial charge on any atom is -0.493 e. The maximum absolute atomic E-state index is 12.1. The van der Waals surface area contributed by atoms with Crippen molar-refractivity contribution in [2.75, 3.05) is 13.7 Å². The standard InChI is InChI=1S/C24H22ClN3O4/c1-31-22-13-18(11-12-21(22)32-16-17-7-3-2-4-8-17)14-27-28-23(29)15-26-24(30)19-9-5-6-10-20(19)25/h2-14H,15-16H2,1H3,(H,26,30)(H,28,29)/b27-14-. The van der Waals surface area contributed by atoms with E-state index < -0.39 is 11.8 Å². The SMILES string of the molecule is COc1cc(/C=N\NC(=O)CNC(=O)c2ccccc2Cl)ccc1OCc1ccccc1. The molecule has 3 aromatic carbocycles. The molecular weight excluding hydrogens is 430 g/mol. The lowest BCUT2D eigenvalue weighted by molar-refractivity contribution is -0.120. The van der Waals surface area contributed by atoms with Crippen molar-refractivity contribution >= 4 is 29.6 Å². The molecule has 0 aliphatic heterocycles. The predicted molar refractivity (Wildman–Crippen MR) is 123 cm³/mol. The van der Waals surface area contributed by atoms with Gasteiger partial charge in [-0.2, -0.15) is 5.10 Å². The minimum absolute atomic E-state index is 0.239. The third-order valence-electron chi connectivity index (χ3n) is 4.36. The van der Waals surface area contributed by atoms with E-state index in [0.29, 0.717) is 34.3 Å². The van der Waals surface area contributed by atoms with Gasteiger partial charge >= 0.3 is 0 Å². The van der Waals surface area contributed by atoms with E-state index in [4.69, 9.17) is 21.1 Å². The van der Waals surface area contributed by atoms with Gasteiger partial charge in [-0.15, -0.1) is 0 Å². The average molecular weight is 452 g/mol. The number of benzene rings is 3. The van der Waals surface area contributed by atoms with E-state index in [9.17, 15) is 9.59 Å². The summed E-state index contributed by atoms with van der Waals surface area (Å²) >= 11 is 5.97. The molecule has 32 heavy (non-hydrogen) atoms. The fourth-order valence-corrected chi connectivity index (χ4v) is 2.96. The van der Waals surface area contributed by atoms with Crippen molar-refractivity contribution in [2.24, 2.45) is 5.10 Å². The van der Waals surface area contributed by atoms with E-state index in [0.717, 1.165) is 5.56 Å². The second-order valence-corrected chi connectivity index (χ2v) is 7.05. The highest BCUT2D eigenvalue weighted by Gasteiger charge is 2.10. The Balaban J connectivity index is 1.50. The molecule has 0 fully saturated rings. The zero-order valence-corrected chi connectivity index (χ0v) is 18.1. The highest BCUT2D eigenvalue weighted by atomic mass is 35.5. The molecule has 3 aromatic rings. The Labute approximate surface area is 191 Å². The summed E-state index contributed by atoms with van der Waals surface area (Å²) in [6.45, 7) is 0.178. The van der Waals surface area contributed by atoms with E-state index in [1.165, 1.54) is 6.21 Å². The lowest BCUT2D eigenvalue weighted by Crippen LogP contribution is -2.35. The summed E-state index contributed by atoms with van der Waals surface area (Å²) in [4.78, 5) is 24.0. The number of hydrogen-bond acceptors (Lipinski definition) is 5. The average Bonchev–Trinajstić information content (AvgIpc) is 2.82.